The monoisotopic (exact) mass is 218 g/mol. The SMILES string of the molecule is O=C(O)C1(CCCl)CCCCCCC1. The maximum atomic E-state index is 11.3. The van der Waals surface area contributed by atoms with Gasteiger partial charge in [-0.2, -0.15) is 0 Å². The Morgan fingerprint density at radius 1 is 1.14 bits per heavy atom. The summed E-state index contributed by atoms with van der Waals surface area (Å²) in [5, 5.41) is 9.28. The number of rotatable bonds is 3. The van der Waals surface area contributed by atoms with Crippen molar-refractivity contribution < 1.29 is 9.90 Å². The molecular formula is C11H19ClO2. The number of halogens is 1. The van der Waals surface area contributed by atoms with Crippen LogP contribution < -0.4 is 0 Å². The van der Waals surface area contributed by atoms with E-state index in [1.165, 1.54) is 19.3 Å². The van der Waals surface area contributed by atoms with E-state index >= 15 is 0 Å². The molecule has 0 radical (unpaired) electrons. The second-order valence-electron chi connectivity index (χ2n) is 4.29. The first-order valence-electron chi connectivity index (χ1n) is 5.51. The molecular weight excluding hydrogens is 200 g/mol. The summed E-state index contributed by atoms with van der Waals surface area (Å²) in [6.07, 6.45) is 7.96. The molecule has 1 saturated carbocycles. The molecule has 82 valence electrons. The van der Waals surface area contributed by atoms with Gasteiger partial charge in [0, 0.05) is 5.88 Å². The highest BCUT2D eigenvalue weighted by Gasteiger charge is 2.37. The molecule has 0 heterocycles. The van der Waals surface area contributed by atoms with Gasteiger partial charge in [0.05, 0.1) is 5.41 Å². The van der Waals surface area contributed by atoms with Crippen LogP contribution in [0.25, 0.3) is 0 Å². The van der Waals surface area contributed by atoms with Crippen LogP contribution >= 0.6 is 11.6 Å². The summed E-state index contributed by atoms with van der Waals surface area (Å²) in [5.41, 5.74) is -0.512. The molecule has 0 aromatic rings. The van der Waals surface area contributed by atoms with Crippen molar-refractivity contribution in [3.05, 3.63) is 0 Å². The van der Waals surface area contributed by atoms with Gasteiger partial charge in [-0.05, 0) is 19.3 Å². The average molecular weight is 219 g/mol. The lowest BCUT2D eigenvalue weighted by Gasteiger charge is -2.30. The predicted octanol–water partition coefficient (Wildman–Crippen LogP) is 3.43. The third kappa shape index (κ3) is 2.88. The minimum Gasteiger partial charge on any atom is -0.481 e. The molecule has 0 saturated heterocycles. The first-order valence-corrected chi connectivity index (χ1v) is 6.04. The molecule has 0 aliphatic heterocycles. The first kappa shape index (κ1) is 11.8. The second-order valence-corrected chi connectivity index (χ2v) is 4.67. The standard InChI is InChI=1S/C11H19ClO2/c12-9-8-11(10(13)14)6-4-2-1-3-5-7-11/h1-9H2,(H,13,14). The van der Waals surface area contributed by atoms with Crippen LogP contribution in [0.2, 0.25) is 0 Å². The number of hydrogen-bond donors (Lipinski definition) is 1. The number of aliphatic carboxylic acids is 1. The van der Waals surface area contributed by atoms with Gasteiger partial charge in [-0.25, -0.2) is 0 Å². The van der Waals surface area contributed by atoms with E-state index < -0.39 is 11.4 Å². The molecule has 0 unspecified atom stereocenters. The van der Waals surface area contributed by atoms with E-state index in [2.05, 4.69) is 0 Å². The Kier molecular flexibility index (Phi) is 4.73. The van der Waals surface area contributed by atoms with Crippen molar-refractivity contribution in [2.45, 2.75) is 51.4 Å². The van der Waals surface area contributed by atoms with E-state index in [-0.39, 0.29) is 0 Å². The molecule has 2 nitrogen and oxygen atoms in total. The van der Waals surface area contributed by atoms with Gasteiger partial charge in [0.2, 0.25) is 0 Å². The van der Waals surface area contributed by atoms with E-state index in [1.54, 1.807) is 0 Å². The lowest BCUT2D eigenvalue weighted by Crippen LogP contribution is -2.32. The van der Waals surface area contributed by atoms with Gasteiger partial charge in [-0.1, -0.05) is 32.1 Å². The Morgan fingerprint density at radius 2 is 1.64 bits per heavy atom. The van der Waals surface area contributed by atoms with Gasteiger partial charge in [0.25, 0.3) is 0 Å². The van der Waals surface area contributed by atoms with Crippen LogP contribution in [0.1, 0.15) is 51.4 Å². The number of carboxylic acid groups (broad SMARTS) is 1. The van der Waals surface area contributed by atoms with Crippen LogP contribution in [-0.4, -0.2) is 17.0 Å². The summed E-state index contributed by atoms with van der Waals surface area (Å²) in [6, 6.07) is 0. The number of hydrogen-bond acceptors (Lipinski definition) is 1. The zero-order valence-electron chi connectivity index (χ0n) is 8.60. The average Bonchev–Trinajstić information content (AvgIpc) is 2.09. The third-order valence-corrected chi connectivity index (χ3v) is 3.53. The molecule has 0 aromatic heterocycles. The van der Waals surface area contributed by atoms with Gasteiger partial charge in [-0.3, -0.25) is 4.79 Å². The van der Waals surface area contributed by atoms with Crippen molar-refractivity contribution in [2.24, 2.45) is 5.41 Å². The Bertz CT molecular complexity index is 184. The van der Waals surface area contributed by atoms with Crippen LogP contribution in [0, 0.1) is 5.41 Å². The fourth-order valence-corrected chi connectivity index (χ4v) is 2.70. The van der Waals surface area contributed by atoms with Crippen LogP contribution in [-0.2, 0) is 4.79 Å². The summed E-state index contributed by atoms with van der Waals surface area (Å²) < 4.78 is 0. The highest BCUT2D eigenvalue weighted by Crippen LogP contribution is 2.37. The maximum absolute atomic E-state index is 11.3. The highest BCUT2D eigenvalue weighted by molar-refractivity contribution is 6.18. The fourth-order valence-electron chi connectivity index (χ4n) is 2.33. The van der Waals surface area contributed by atoms with Crippen molar-refractivity contribution >= 4 is 17.6 Å². The number of carbonyl (C=O) groups is 1. The number of alkyl halides is 1. The van der Waals surface area contributed by atoms with Gasteiger partial charge in [0.15, 0.2) is 0 Å². The molecule has 0 spiro atoms. The van der Waals surface area contributed by atoms with Crippen molar-refractivity contribution in [1.29, 1.82) is 0 Å². The molecule has 1 aliphatic carbocycles. The highest BCUT2D eigenvalue weighted by atomic mass is 35.5. The zero-order valence-corrected chi connectivity index (χ0v) is 9.35. The zero-order chi connectivity index (χ0) is 10.4. The molecule has 0 aromatic carbocycles. The molecule has 0 atom stereocenters. The quantitative estimate of drug-likeness (QED) is 0.737. The van der Waals surface area contributed by atoms with E-state index in [1.807, 2.05) is 0 Å². The molecule has 0 bridgehead atoms. The Hall–Kier alpha value is -0.240. The van der Waals surface area contributed by atoms with Crippen LogP contribution in [0.3, 0.4) is 0 Å². The largest absolute Gasteiger partial charge is 0.481 e. The lowest BCUT2D eigenvalue weighted by molar-refractivity contribution is -0.150. The summed E-state index contributed by atoms with van der Waals surface area (Å²) in [7, 11) is 0. The maximum Gasteiger partial charge on any atom is 0.309 e. The van der Waals surface area contributed by atoms with Crippen LogP contribution in [0.5, 0.6) is 0 Å². The molecule has 0 amide bonds. The molecule has 1 N–H and O–H groups in total. The second kappa shape index (κ2) is 5.59. The van der Waals surface area contributed by atoms with Crippen LogP contribution in [0.15, 0.2) is 0 Å². The van der Waals surface area contributed by atoms with Crippen molar-refractivity contribution in [3.63, 3.8) is 0 Å². The molecule has 1 aliphatic rings. The van der Waals surface area contributed by atoms with Gasteiger partial charge in [-0.15, -0.1) is 11.6 Å². The molecule has 3 heteroatoms. The minimum atomic E-state index is -0.639. The summed E-state index contributed by atoms with van der Waals surface area (Å²) in [5.74, 6) is -0.174. The van der Waals surface area contributed by atoms with Crippen molar-refractivity contribution in [2.75, 3.05) is 5.88 Å². The van der Waals surface area contributed by atoms with E-state index in [0.29, 0.717) is 12.3 Å². The topological polar surface area (TPSA) is 37.3 Å². The Morgan fingerprint density at radius 3 is 2.07 bits per heavy atom. The summed E-state index contributed by atoms with van der Waals surface area (Å²) in [6.45, 7) is 0. The summed E-state index contributed by atoms with van der Waals surface area (Å²) in [4.78, 5) is 11.3. The summed E-state index contributed by atoms with van der Waals surface area (Å²) >= 11 is 5.70. The number of carboxylic acids is 1. The van der Waals surface area contributed by atoms with Gasteiger partial charge < -0.3 is 5.11 Å². The van der Waals surface area contributed by atoms with E-state index in [0.717, 1.165) is 25.7 Å². The third-order valence-electron chi connectivity index (χ3n) is 3.34. The Labute approximate surface area is 90.6 Å². The predicted molar refractivity (Wildman–Crippen MR) is 57.7 cm³/mol. The van der Waals surface area contributed by atoms with E-state index in [9.17, 15) is 9.90 Å². The van der Waals surface area contributed by atoms with Crippen molar-refractivity contribution in [3.8, 4) is 0 Å². The molecule has 14 heavy (non-hydrogen) atoms. The normalized spacial score (nSPS) is 22.4. The van der Waals surface area contributed by atoms with Crippen LogP contribution in [0.4, 0.5) is 0 Å². The molecule has 1 fully saturated rings. The fraction of sp³-hybridized carbons (Fsp3) is 0.909. The smallest absolute Gasteiger partial charge is 0.309 e. The van der Waals surface area contributed by atoms with Crippen molar-refractivity contribution in [1.82, 2.24) is 0 Å². The first-order chi connectivity index (χ1) is 6.71. The Balaban J connectivity index is 2.65. The molecule has 1 rings (SSSR count). The lowest BCUT2D eigenvalue weighted by atomic mass is 9.74. The van der Waals surface area contributed by atoms with E-state index in [4.69, 9.17) is 11.6 Å². The van der Waals surface area contributed by atoms with Gasteiger partial charge >= 0.3 is 5.97 Å². The van der Waals surface area contributed by atoms with Gasteiger partial charge in [0.1, 0.15) is 0 Å². The minimum absolute atomic E-state index is 0.465.